The van der Waals surface area contributed by atoms with Gasteiger partial charge in [0.2, 0.25) is 10.0 Å². The molecule has 1 aliphatic heterocycles. The second kappa shape index (κ2) is 5.49. The number of rotatable bonds is 2. The molecule has 0 amide bonds. The first-order valence-electron chi connectivity index (χ1n) is 7.36. The molecule has 1 heterocycles. The van der Waals surface area contributed by atoms with E-state index >= 15 is 0 Å². The van der Waals surface area contributed by atoms with Crippen LogP contribution in [0.1, 0.15) is 49.8 Å². The third kappa shape index (κ3) is 2.63. The third-order valence-corrected chi connectivity index (χ3v) is 6.73. The highest BCUT2D eigenvalue weighted by Gasteiger charge is 2.36. The third-order valence-electron chi connectivity index (χ3n) is 4.46. The van der Waals surface area contributed by atoms with E-state index in [0.29, 0.717) is 4.90 Å². The summed E-state index contributed by atoms with van der Waals surface area (Å²) in [7, 11) is -3.40. The second-order valence-electron chi connectivity index (χ2n) is 6.17. The molecule has 0 spiro atoms. The molecule has 0 N–H and O–H groups in total. The summed E-state index contributed by atoms with van der Waals surface area (Å²) in [5.74, 6) is 0. The van der Waals surface area contributed by atoms with Crippen LogP contribution in [0.25, 0.3) is 0 Å². The molecule has 2 rings (SSSR count). The first-order valence-corrected chi connectivity index (χ1v) is 8.80. The van der Waals surface area contributed by atoms with Crippen molar-refractivity contribution in [3.05, 3.63) is 28.8 Å². The Kier molecular flexibility index (Phi) is 4.26. The van der Waals surface area contributed by atoms with Crippen LogP contribution < -0.4 is 0 Å². The summed E-state index contributed by atoms with van der Waals surface area (Å²) >= 11 is 0. The van der Waals surface area contributed by atoms with E-state index < -0.39 is 10.0 Å². The van der Waals surface area contributed by atoms with Gasteiger partial charge in [-0.3, -0.25) is 0 Å². The number of benzene rings is 1. The SMILES string of the molecule is Cc1cc(C)c(S(=O)(=O)N2[C@@H](C)CCC[C@@H]2C)cc1C. The van der Waals surface area contributed by atoms with Gasteiger partial charge in [0.05, 0.1) is 4.90 Å². The minimum absolute atomic E-state index is 0.0877. The van der Waals surface area contributed by atoms with Gasteiger partial charge in [-0.15, -0.1) is 0 Å². The Balaban J connectivity index is 2.52. The Bertz CT molecular complexity index is 597. The summed E-state index contributed by atoms with van der Waals surface area (Å²) in [6, 6.07) is 3.98. The number of aryl methyl sites for hydroxylation is 3. The van der Waals surface area contributed by atoms with Crippen molar-refractivity contribution in [2.24, 2.45) is 0 Å². The molecule has 1 aromatic rings. The molecule has 0 radical (unpaired) electrons. The topological polar surface area (TPSA) is 37.4 Å². The van der Waals surface area contributed by atoms with Crippen molar-refractivity contribution < 1.29 is 8.42 Å². The fourth-order valence-electron chi connectivity index (χ4n) is 3.20. The summed E-state index contributed by atoms with van der Waals surface area (Å²) in [5.41, 5.74) is 3.02. The predicted molar refractivity (Wildman–Crippen MR) is 82.5 cm³/mol. The van der Waals surface area contributed by atoms with Crippen LogP contribution in [0.2, 0.25) is 0 Å². The summed E-state index contributed by atoms with van der Waals surface area (Å²) in [6.07, 6.45) is 3.02. The maximum atomic E-state index is 13.0. The lowest BCUT2D eigenvalue weighted by Gasteiger charge is -2.38. The zero-order chi connectivity index (χ0) is 15.1. The van der Waals surface area contributed by atoms with Crippen molar-refractivity contribution in [2.45, 2.75) is 70.9 Å². The van der Waals surface area contributed by atoms with Gasteiger partial charge in [0, 0.05) is 12.1 Å². The zero-order valence-corrected chi connectivity index (χ0v) is 13.9. The summed E-state index contributed by atoms with van der Waals surface area (Å²) in [6.45, 7) is 9.91. The van der Waals surface area contributed by atoms with E-state index in [0.717, 1.165) is 36.0 Å². The Morgan fingerprint density at radius 2 is 1.45 bits per heavy atom. The van der Waals surface area contributed by atoms with Crippen LogP contribution in [0, 0.1) is 20.8 Å². The van der Waals surface area contributed by atoms with Crippen LogP contribution in [-0.2, 0) is 10.0 Å². The molecule has 1 saturated heterocycles. The van der Waals surface area contributed by atoms with Crippen molar-refractivity contribution in [1.29, 1.82) is 0 Å². The molecule has 3 nitrogen and oxygen atoms in total. The number of hydrogen-bond donors (Lipinski definition) is 0. The maximum absolute atomic E-state index is 13.0. The smallest absolute Gasteiger partial charge is 0.207 e. The molecule has 112 valence electrons. The highest BCUT2D eigenvalue weighted by molar-refractivity contribution is 7.89. The lowest BCUT2D eigenvalue weighted by atomic mass is 10.0. The summed E-state index contributed by atoms with van der Waals surface area (Å²) in [4.78, 5) is 0.473. The number of piperidine rings is 1. The molecule has 4 heteroatoms. The molecule has 1 aliphatic rings. The maximum Gasteiger partial charge on any atom is 0.243 e. The fourth-order valence-corrected chi connectivity index (χ4v) is 5.37. The molecule has 0 aromatic heterocycles. The van der Waals surface area contributed by atoms with Crippen molar-refractivity contribution in [3.63, 3.8) is 0 Å². The Morgan fingerprint density at radius 1 is 0.950 bits per heavy atom. The van der Waals surface area contributed by atoms with E-state index in [1.54, 1.807) is 4.31 Å². The van der Waals surface area contributed by atoms with Crippen LogP contribution in [0.4, 0.5) is 0 Å². The molecule has 0 aliphatic carbocycles. The molecule has 1 fully saturated rings. The van der Waals surface area contributed by atoms with E-state index in [1.807, 2.05) is 46.8 Å². The van der Waals surface area contributed by atoms with Crippen LogP contribution in [-0.4, -0.2) is 24.8 Å². The van der Waals surface area contributed by atoms with Gasteiger partial charge >= 0.3 is 0 Å². The van der Waals surface area contributed by atoms with Crippen molar-refractivity contribution in [2.75, 3.05) is 0 Å². The Morgan fingerprint density at radius 3 is 2.00 bits per heavy atom. The quantitative estimate of drug-likeness (QED) is 0.836. The van der Waals surface area contributed by atoms with E-state index in [1.165, 1.54) is 0 Å². The highest BCUT2D eigenvalue weighted by atomic mass is 32.2. The summed E-state index contributed by atoms with van der Waals surface area (Å²) in [5, 5.41) is 0. The van der Waals surface area contributed by atoms with Crippen LogP contribution in [0.15, 0.2) is 17.0 Å². The normalized spacial score (nSPS) is 24.9. The van der Waals surface area contributed by atoms with Crippen LogP contribution >= 0.6 is 0 Å². The average molecular weight is 295 g/mol. The van der Waals surface area contributed by atoms with Gasteiger partial charge in [-0.05, 0) is 70.2 Å². The molecule has 0 saturated carbocycles. The fraction of sp³-hybridized carbons (Fsp3) is 0.625. The lowest BCUT2D eigenvalue weighted by molar-refractivity contribution is 0.204. The molecule has 0 unspecified atom stereocenters. The van der Waals surface area contributed by atoms with E-state index in [4.69, 9.17) is 0 Å². The number of hydrogen-bond acceptors (Lipinski definition) is 2. The van der Waals surface area contributed by atoms with Gasteiger partial charge < -0.3 is 0 Å². The van der Waals surface area contributed by atoms with Crippen LogP contribution in [0.5, 0.6) is 0 Å². The molecule has 20 heavy (non-hydrogen) atoms. The predicted octanol–water partition coefficient (Wildman–Crippen LogP) is 3.56. The first-order chi connectivity index (χ1) is 9.25. The minimum Gasteiger partial charge on any atom is -0.207 e. The van der Waals surface area contributed by atoms with E-state index in [-0.39, 0.29) is 12.1 Å². The van der Waals surface area contributed by atoms with Crippen molar-refractivity contribution in [1.82, 2.24) is 4.31 Å². The number of sulfonamides is 1. The van der Waals surface area contributed by atoms with Gasteiger partial charge in [-0.1, -0.05) is 12.5 Å². The zero-order valence-electron chi connectivity index (χ0n) is 13.1. The van der Waals surface area contributed by atoms with E-state index in [9.17, 15) is 8.42 Å². The molecule has 1 aromatic carbocycles. The average Bonchev–Trinajstić information content (AvgIpc) is 2.33. The van der Waals surface area contributed by atoms with Gasteiger partial charge in [0.1, 0.15) is 0 Å². The van der Waals surface area contributed by atoms with Crippen molar-refractivity contribution in [3.8, 4) is 0 Å². The molecular weight excluding hydrogens is 270 g/mol. The van der Waals surface area contributed by atoms with Gasteiger partial charge in [-0.25, -0.2) is 8.42 Å². The monoisotopic (exact) mass is 295 g/mol. The standard InChI is InChI=1S/C16H25NO2S/c1-11-9-13(3)16(10-12(11)2)20(18,19)17-14(4)7-6-8-15(17)5/h9-10,14-15H,6-8H2,1-5H3/t14-,15-/m0/s1. The largest absolute Gasteiger partial charge is 0.243 e. The Labute approximate surface area is 123 Å². The molecule has 0 bridgehead atoms. The van der Waals surface area contributed by atoms with Gasteiger partial charge in [0.25, 0.3) is 0 Å². The van der Waals surface area contributed by atoms with Gasteiger partial charge in [-0.2, -0.15) is 4.31 Å². The highest BCUT2D eigenvalue weighted by Crippen LogP contribution is 2.31. The Hall–Kier alpha value is -0.870. The lowest BCUT2D eigenvalue weighted by Crippen LogP contribution is -2.47. The van der Waals surface area contributed by atoms with Crippen LogP contribution in [0.3, 0.4) is 0 Å². The second-order valence-corrected chi connectivity index (χ2v) is 7.98. The minimum atomic E-state index is -3.40. The first kappa shape index (κ1) is 15.5. The van der Waals surface area contributed by atoms with Gasteiger partial charge in [0.15, 0.2) is 0 Å². The number of nitrogens with zero attached hydrogens (tertiary/aromatic N) is 1. The molecule has 2 atom stereocenters. The van der Waals surface area contributed by atoms with E-state index in [2.05, 4.69) is 0 Å². The molecular formula is C16H25NO2S. The van der Waals surface area contributed by atoms with Crippen molar-refractivity contribution >= 4 is 10.0 Å². The summed E-state index contributed by atoms with van der Waals surface area (Å²) < 4.78 is 27.8.